The van der Waals surface area contributed by atoms with Gasteiger partial charge in [-0.15, -0.1) is 0 Å². The van der Waals surface area contributed by atoms with Crippen LogP contribution in [0.5, 0.6) is 0 Å². The van der Waals surface area contributed by atoms with Gasteiger partial charge in [-0.1, -0.05) is 42.5 Å². The molecule has 0 aliphatic rings. The summed E-state index contributed by atoms with van der Waals surface area (Å²) in [5.74, 6) is 0. The first-order valence-corrected chi connectivity index (χ1v) is 8.50. The third kappa shape index (κ3) is 2.49. The highest BCUT2D eigenvalue weighted by molar-refractivity contribution is 6.09. The zero-order valence-corrected chi connectivity index (χ0v) is 14.6. The van der Waals surface area contributed by atoms with Crippen LogP contribution < -0.4 is 4.90 Å². The van der Waals surface area contributed by atoms with Crippen molar-refractivity contribution in [1.29, 1.82) is 0 Å². The first-order chi connectivity index (χ1) is 12.6. The van der Waals surface area contributed by atoms with Crippen LogP contribution in [0.1, 0.15) is 6.92 Å². The van der Waals surface area contributed by atoms with E-state index in [9.17, 15) is 10.1 Å². The predicted molar refractivity (Wildman–Crippen MR) is 105 cm³/mol. The molecule has 3 aromatic carbocycles. The number of nitrogens with zero attached hydrogens (tertiary/aromatic N) is 2. The Hall–Kier alpha value is -3.34. The topological polar surface area (TPSA) is 59.5 Å². The van der Waals surface area contributed by atoms with Crippen molar-refractivity contribution in [2.24, 2.45) is 0 Å². The molecule has 0 spiro atoms. The van der Waals surface area contributed by atoms with Gasteiger partial charge in [-0.05, 0) is 24.6 Å². The summed E-state index contributed by atoms with van der Waals surface area (Å²) in [6.07, 6.45) is 0. The van der Waals surface area contributed by atoms with Crippen molar-refractivity contribution in [2.45, 2.75) is 6.92 Å². The predicted octanol–water partition coefficient (Wildman–Crippen LogP) is 5.62. The molecule has 0 unspecified atom stereocenters. The molecule has 0 N–H and O–H groups in total. The molecule has 0 bridgehead atoms. The van der Waals surface area contributed by atoms with Gasteiger partial charge in [0.25, 0.3) is 5.69 Å². The lowest BCUT2D eigenvalue weighted by atomic mass is 10.0. The maximum Gasteiger partial charge on any atom is 0.293 e. The molecule has 130 valence electrons. The molecule has 0 radical (unpaired) electrons. The number of hydrogen-bond acceptors (Lipinski definition) is 4. The largest absolute Gasteiger partial charge is 0.455 e. The second kappa shape index (κ2) is 6.19. The Morgan fingerprint density at radius 3 is 2.58 bits per heavy atom. The van der Waals surface area contributed by atoms with Crippen LogP contribution in [0.25, 0.3) is 33.1 Å². The van der Waals surface area contributed by atoms with E-state index in [0.29, 0.717) is 12.2 Å². The first-order valence-electron chi connectivity index (χ1n) is 8.50. The van der Waals surface area contributed by atoms with E-state index >= 15 is 0 Å². The van der Waals surface area contributed by atoms with Gasteiger partial charge in [-0.2, -0.15) is 0 Å². The van der Waals surface area contributed by atoms with Crippen LogP contribution in [0.4, 0.5) is 11.4 Å². The van der Waals surface area contributed by atoms with Gasteiger partial charge in [-0.25, -0.2) is 0 Å². The molecule has 5 heteroatoms. The van der Waals surface area contributed by atoms with Gasteiger partial charge in [0.15, 0.2) is 0 Å². The van der Waals surface area contributed by atoms with Gasteiger partial charge in [-0.3, -0.25) is 10.1 Å². The van der Waals surface area contributed by atoms with E-state index in [4.69, 9.17) is 4.42 Å². The van der Waals surface area contributed by atoms with Crippen LogP contribution in [0, 0.1) is 10.1 Å². The number of benzene rings is 3. The molecule has 4 aromatic rings. The maximum absolute atomic E-state index is 11.6. The van der Waals surface area contributed by atoms with Crippen LogP contribution in [-0.4, -0.2) is 18.5 Å². The summed E-state index contributed by atoms with van der Waals surface area (Å²) in [6.45, 7) is 2.66. The van der Waals surface area contributed by atoms with Crippen LogP contribution >= 0.6 is 0 Å². The summed E-state index contributed by atoms with van der Waals surface area (Å²) in [5.41, 5.74) is 3.89. The van der Waals surface area contributed by atoms with Gasteiger partial charge in [0.2, 0.25) is 0 Å². The molecule has 0 aliphatic heterocycles. The fourth-order valence-corrected chi connectivity index (χ4v) is 3.30. The summed E-state index contributed by atoms with van der Waals surface area (Å²) < 4.78 is 6.06. The monoisotopic (exact) mass is 346 g/mol. The van der Waals surface area contributed by atoms with Crippen molar-refractivity contribution in [1.82, 2.24) is 0 Å². The zero-order valence-electron chi connectivity index (χ0n) is 14.6. The van der Waals surface area contributed by atoms with Crippen molar-refractivity contribution in [2.75, 3.05) is 18.5 Å². The minimum Gasteiger partial charge on any atom is -0.455 e. The number of para-hydroxylation sites is 2. The lowest BCUT2D eigenvalue weighted by Gasteiger charge is -2.17. The van der Waals surface area contributed by atoms with Crippen LogP contribution in [0.15, 0.2) is 65.1 Å². The van der Waals surface area contributed by atoms with Crippen molar-refractivity contribution in [3.63, 3.8) is 0 Å². The smallest absolute Gasteiger partial charge is 0.293 e. The molecule has 1 aromatic heterocycles. The maximum atomic E-state index is 11.6. The Balaban J connectivity index is 1.95. The van der Waals surface area contributed by atoms with Gasteiger partial charge in [0.05, 0.1) is 4.92 Å². The summed E-state index contributed by atoms with van der Waals surface area (Å²) in [5, 5.41) is 13.6. The number of fused-ring (bicyclic) bond motifs is 3. The third-order valence-electron chi connectivity index (χ3n) is 4.77. The second-order valence-corrected chi connectivity index (χ2v) is 6.26. The highest BCUT2D eigenvalue weighted by atomic mass is 16.6. The SMILES string of the molecule is CCN(C)c1ccc(-c2cccc3c2oc2ccccc23)cc1[N+](=O)[O-]. The molecular formula is C21H18N2O3. The zero-order chi connectivity index (χ0) is 18.3. The highest BCUT2D eigenvalue weighted by Gasteiger charge is 2.19. The molecule has 0 fully saturated rings. The van der Waals surface area contributed by atoms with E-state index in [1.807, 2.05) is 67.4 Å². The number of furan rings is 1. The number of rotatable bonds is 4. The molecule has 0 aliphatic carbocycles. The Morgan fingerprint density at radius 2 is 1.81 bits per heavy atom. The van der Waals surface area contributed by atoms with E-state index in [0.717, 1.165) is 33.1 Å². The first kappa shape index (κ1) is 16.1. The number of nitro groups is 1. The Morgan fingerprint density at radius 1 is 1.04 bits per heavy atom. The lowest BCUT2D eigenvalue weighted by Crippen LogP contribution is -2.17. The van der Waals surface area contributed by atoms with Gasteiger partial charge < -0.3 is 9.32 Å². The van der Waals surface area contributed by atoms with Crippen molar-refractivity contribution >= 4 is 33.3 Å². The van der Waals surface area contributed by atoms with Crippen molar-refractivity contribution < 1.29 is 9.34 Å². The number of anilines is 1. The van der Waals surface area contributed by atoms with E-state index in [1.165, 1.54) is 0 Å². The van der Waals surface area contributed by atoms with Gasteiger partial charge in [0.1, 0.15) is 16.9 Å². The molecule has 1 heterocycles. The average Bonchev–Trinajstić information content (AvgIpc) is 3.05. The fourth-order valence-electron chi connectivity index (χ4n) is 3.30. The van der Waals surface area contributed by atoms with Gasteiger partial charge in [0, 0.05) is 36.0 Å². The second-order valence-electron chi connectivity index (χ2n) is 6.26. The van der Waals surface area contributed by atoms with Crippen LogP contribution in [0.2, 0.25) is 0 Å². The van der Waals surface area contributed by atoms with E-state index in [1.54, 1.807) is 12.1 Å². The van der Waals surface area contributed by atoms with E-state index in [-0.39, 0.29) is 10.6 Å². The molecule has 26 heavy (non-hydrogen) atoms. The Labute approximate surface area is 150 Å². The Kier molecular flexibility index (Phi) is 3.84. The Bertz CT molecular complexity index is 1130. The number of nitro benzene ring substituents is 1. The summed E-state index contributed by atoms with van der Waals surface area (Å²) in [4.78, 5) is 13.1. The standard InChI is InChI=1S/C21H18N2O3/c1-3-22(2)18-12-11-14(13-19(18)23(24)25)15-8-6-9-17-16-7-4-5-10-20(16)26-21(15)17/h4-13H,3H2,1-2H3. The van der Waals surface area contributed by atoms with E-state index in [2.05, 4.69) is 0 Å². The summed E-state index contributed by atoms with van der Waals surface area (Å²) in [6, 6.07) is 19.1. The van der Waals surface area contributed by atoms with Crippen LogP contribution in [-0.2, 0) is 0 Å². The summed E-state index contributed by atoms with van der Waals surface area (Å²) >= 11 is 0. The van der Waals surface area contributed by atoms with Crippen LogP contribution in [0.3, 0.4) is 0 Å². The molecule has 4 rings (SSSR count). The molecule has 5 nitrogen and oxygen atoms in total. The van der Waals surface area contributed by atoms with Gasteiger partial charge >= 0.3 is 0 Å². The lowest BCUT2D eigenvalue weighted by molar-refractivity contribution is -0.384. The number of hydrogen-bond donors (Lipinski definition) is 0. The fraction of sp³-hybridized carbons (Fsp3) is 0.143. The normalized spacial score (nSPS) is 11.2. The molecule has 0 amide bonds. The molecule has 0 saturated carbocycles. The minimum atomic E-state index is -0.330. The molecule has 0 saturated heterocycles. The highest BCUT2D eigenvalue weighted by Crippen LogP contribution is 2.38. The third-order valence-corrected chi connectivity index (χ3v) is 4.77. The summed E-state index contributed by atoms with van der Waals surface area (Å²) in [7, 11) is 1.85. The molecular weight excluding hydrogens is 328 g/mol. The van der Waals surface area contributed by atoms with Crippen molar-refractivity contribution in [3.05, 3.63) is 70.8 Å². The molecule has 0 atom stereocenters. The quantitative estimate of drug-likeness (QED) is 0.355. The average molecular weight is 346 g/mol. The van der Waals surface area contributed by atoms with E-state index < -0.39 is 0 Å². The van der Waals surface area contributed by atoms with Crippen molar-refractivity contribution in [3.8, 4) is 11.1 Å². The minimum absolute atomic E-state index is 0.0972.